The predicted octanol–water partition coefficient (Wildman–Crippen LogP) is 8.01. The summed E-state index contributed by atoms with van der Waals surface area (Å²) in [4.78, 5) is 60.3. The number of rotatable bonds is 15. The number of hydrogen-bond donors (Lipinski definition) is 1. The maximum absolute atomic E-state index is 16.7. The molecule has 1 N–H and O–H groups in total. The molecule has 298 valence electrons. The average Bonchev–Trinajstić information content (AvgIpc) is 3.65. The van der Waals surface area contributed by atoms with E-state index in [4.69, 9.17) is 4.74 Å². The van der Waals surface area contributed by atoms with E-state index in [2.05, 4.69) is 0 Å². The summed E-state index contributed by atoms with van der Waals surface area (Å²) in [5.41, 5.74) is 2.74. The van der Waals surface area contributed by atoms with E-state index in [9.17, 15) is 19.5 Å². The van der Waals surface area contributed by atoms with Crippen molar-refractivity contribution in [2.45, 2.75) is 56.8 Å². The molecule has 4 atom stereocenters. The number of anilines is 5. The zero-order valence-corrected chi connectivity index (χ0v) is 33.8. The van der Waals surface area contributed by atoms with Gasteiger partial charge in [0.1, 0.15) is 0 Å². The van der Waals surface area contributed by atoms with E-state index in [-0.39, 0.29) is 44.5 Å². The molecule has 0 unspecified atom stereocenters. The van der Waals surface area contributed by atoms with Crippen LogP contribution in [0.5, 0.6) is 0 Å². The van der Waals surface area contributed by atoms with Crippen LogP contribution in [0.3, 0.4) is 0 Å². The van der Waals surface area contributed by atoms with Crippen LogP contribution in [-0.4, -0.2) is 62.3 Å². The Morgan fingerprint density at radius 3 is 1.88 bits per heavy atom. The molecule has 0 saturated carbocycles. The lowest BCUT2D eigenvalue weighted by molar-refractivity contribution is -0.150. The lowest BCUT2D eigenvalue weighted by atomic mass is 9.82. The third kappa shape index (κ3) is 7.70. The molecule has 2 aliphatic rings. The van der Waals surface area contributed by atoms with Crippen molar-refractivity contribution < 1.29 is 33.1 Å². The third-order valence-electron chi connectivity index (χ3n) is 11.4. The Hall–Kier alpha value is -5.95. The van der Waals surface area contributed by atoms with Crippen molar-refractivity contribution in [2.24, 2.45) is 5.92 Å². The zero-order valence-electron chi connectivity index (χ0n) is 32.8. The van der Waals surface area contributed by atoms with Gasteiger partial charge in [-0.3, -0.25) is 29.0 Å². The van der Waals surface area contributed by atoms with Gasteiger partial charge in [-0.15, -0.1) is 0 Å². The Labute approximate surface area is 339 Å². The first-order chi connectivity index (χ1) is 28.0. The van der Waals surface area contributed by atoms with Gasteiger partial charge in [0.2, 0.25) is 27.1 Å². The highest BCUT2D eigenvalue weighted by atomic mass is 28.4. The summed E-state index contributed by atoms with van der Waals surface area (Å²) >= 11 is 0. The van der Waals surface area contributed by atoms with Gasteiger partial charge in [-0.25, -0.2) is 0 Å². The van der Waals surface area contributed by atoms with E-state index in [0.29, 0.717) is 40.4 Å². The molecule has 10 nitrogen and oxygen atoms in total. The van der Waals surface area contributed by atoms with E-state index in [1.54, 1.807) is 53.2 Å². The number of nitrogens with zero attached hydrogens (tertiary/aromatic N) is 4. The SMILES string of the molecule is C[C@H]1[C@H]([Si](C)(C)F)[C@@H](CC(=O)N(CCO)Cc2ccccc2)O[C@]12C(=O)N(Cc1ccc(N(C=O)c3ccccc3)cc1)c1ccc(N(C=O)c3ccccc3)cc12. The van der Waals surface area contributed by atoms with Crippen LogP contribution in [0.4, 0.5) is 32.5 Å². The van der Waals surface area contributed by atoms with Crippen LogP contribution in [0.15, 0.2) is 133 Å². The van der Waals surface area contributed by atoms with Crippen LogP contribution < -0.4 is 14.7 Å². The van der Waals surface area contributed by atoms with Gasteiger partial charge in [-0.05, 0) is 78.8 Å². The van der Waals surface area contributed by atoms with E-state index < -0.39 is 31.6 Å². The molecule has 0 aromatic heterocycles. The van der Waals surface area contributed by atoms with Crippen molar-refractivity contribution in [3.05, 3.63) is 150 Å². The fraction of sp³-hybridized carbons (Fsp3) is 0.261. The summed E-state index contributed by atoms with van der Waals surface area (Å²) in [5.74, 6) is -1.40. The van der Waals surface area contributed by atoms with Crippen molar-refractivity contribution in [1.82, 2.24) is 4.90 Å². The quantitative estimate of drug-likeness (QED) is 0.0653. The third-order valence-corrected chi connectivity index (χ3v) is 13.8. The highest BCUT2D eigenvalue weighted by molar-refractivity contribution is 6.72. The lowest BCUT2D eigenvalue weighted by Crippen LogP contribution is -2.45. The predicted molar refractivity (Wildman–Crippen MR) is 225 cm³/mol. The average molecular weight is 799 g/mol. The number of aliphatic hydroxyl groups is 1. The standard InChI is InChI=1S/C46H47FN4O6Si/c1-33-44(58(2,3)47)42(28-43(55)48(25-26-52)29-34-13-7-4-8-14-34)57-46(33)40-27-39(51(32-54)37-17-11-6-12-18-37)23-24-41(40)49(45(46)56)30-35-19-21-38(22-20-35)50(31-53)36-15-9-5-10-16-36/h4-24,27,31-33,42,44,52H,25-26,28-30H2,1-3H3/t33-,42+,44-,46+/m0/s1. The Bertz CT molecular complexity index is 2240. The molecule has 1 fully saturated rings. The molecule has 0 radical (unpaired) electrons. The molecule has 7 rings (SSSR count). The van der Waals surface area contributed by atoms with Gasteiger partial charge in [0, 0.05) is 52.9 Å². The van der Waals surface area contributed by atoms with Gasteiger partial charge in [-0.2, -0.15) is 0 Å². The fourth-order valence-electron chi connectivity index (χ4n) is 8.72. The van der Waals surface area contributed by atoms with E-state index in [0.717, 1.165) is 17.5 Å². The van der Waals surface area contributed by atoms with Crippen LogP contribution in [0.25, 0.3) is 0 Å². The number of ether oxygens (including phenoxy) is 1. The molecule has 12 heteroatoms. The van der Waals surface area contributed by atoms with Gasteiger partial charge in [-0.1, -0.05) is 85.8 Å². The zero-order chi connectivity index (χ0) is 41.0. The smallest absolute Gasteiger partial charge is 0.264 e. The summed E-state index contributed by atoms with van der Waals surface area (Å²) in [7, 11) is -3.64. The van der Waals surface area contributed by atoms with Crippen LogP contribution in [0.1, 0.15) is 30.0 Å². The first-order valence-electron chi connectivity index (χ1n) is 19.4. The number of benzene rings is 5. The van der Waals surface area contributed by atoms with Crippen LogP contribution in [-0.2, 0) is 42.6 Å². The van der Waals surface area contributed by atoms with Crippen molar-refractivity contribution in [1.29, 1.82) is 0 Å². The maximum atomic E-state index is 16.7. The number of fused-ring (bicyclic) bond motifs is 2. The molecule has 0 aliphatic carbocycles. The highest BCUT2D eigenvalue weighted by Gasteiger charge is 2.67. The Kier molecular flexibility index (Phi) is 11.7. The summed E-state index contributed by atoms with van der Waals surface area (Å²) in [6, 6.07) is 40.5. The number of amides is 4. The minimum absolute atomic E-state index is 0.0803. The minimum Gasteiger partial charge on any atom is -0.395 e. The van der Waals surface area contributed by atoms with Crippen molar-refractivity contribution in [2.75, 3.05) is 27.9 Å². The van der Waals surface area contributed by atoms with Crippen LogP contribution in [0, 0.1) is 5.92 Å². The molecular weight excluding hydrogens is 752 g/mol. The molecule has 5 aromatic rings. The minimum atomic E-state index is -3.64. The second-order valence-electron chi connectivity index (χ2n) is 15.4. The lowest BCUT2D eigenvalue weighted by Gasteiger charge is -2.31. The molecule has 1 saturated heterocycles. The van der Waals surface area contributed by atoms with E-state index in [1.165, 1.54) is 9.80 Å². The Morgan fingerprint density at radius 1 is 0.793 bits per heavy atom. The van der Waals surface area contributed by atoms with E-state index in [1.807, 2.05) is 110 Å². The number of halogens is 1. The van der Waals surface area contributed by atoms with Crippen molar-refractivity contribution >= 4 is 61.5 Å². The number of para-hydroxylation sites is 2. The van der Waals surface area contributed by atoms with Crippen molar-refractivity contribution in [3.8, 4) is 0 Å². The second-order valence-corrected chi connectivity index (χ2v) is 19.2. The topological polar surface area (TPSA) is 111 Å². The van der Waals surface area contributed by atoms with Crippen LogP contribution in [0.2, 0.25) is 18.6 Å². The number of hydrogen-bond acceptors (Lipinski definition) is 6. The molecule has 4 amide bonds. The highest BCUT2D eigenvalue weighted by Crippen LogP contribution is 2.61. The van der Waals surface area contributed by atoms with Gasteiger partial charge < -0.3 is 23.8 Å². The van der Waals surface area contributed by atoms with E-state index >= 15 is 8.90 Å². The molecule has 5 aromatic carbocycles. The molecule has 2 heterocycles. The van der Waals surface area contributed by atoms with Gasteiger partial charge in [0.25, 0.3) is 5.91 Å². The summed E-state index contributed by atoms with van der Waals surface area (Å²) in [5, 5.41) is 9.92. The fourth-order valence-corrected chi connectivity index (χ4v) is 11.2. The number of carbonyl (C=O) groups excluding carboxylic acids is 4. The molecule has 58 heavy (non-hydrogen) atoms. The number of carbonyl (C=O) groups is 4. The summed E-state index contributed by atoms with van der Waals surface area (Å²) in [6.07, 6.45) is 0.323. The van der Waals surface area contributed by atoms with Crippen LogP contribution >= 0.6 is 0 Å². The monoisotopic (exact) mass is 798 g/mol. The largest absolute Gasteiger partial charge is 0.395 e. The summed E-state index contributed by atoms with van der Waals surface area (Å²) < 4.78 is 23.7. The van der Waals surface area contributed by atoms with Gasteiger partial charge in [0.15, 0.2) is 5.60 Å². The molecule has 1 spiro atoms. The van der Waals surface area contributed by atoms with Gasteiger partial charge >= 0.3 is 0 Å². The normalized spacial score (nSPS) is 19.8. The Balaban J connectivity index is 1.27. The molecular formula is C46H47FN4O6Si. The molecule has 2 aliphatic heterocycles. The second kappa shape index (κ2) is 16.9. The number of aliphatic hydroxyl groups excluding tert-OH is 1. The van der Waals surface area contributed by atoms with Gasteiger partial charge in [0.05, 0.1) is 31.4 Å². The maximum Gasteiger partial charge on any atom is 0.264 e. The first-order valence-corrected chi connectivity index (χ1v) is 22.4. The Morgan fingerprint density at radius 2 is 1.33 bits per heavy atom. The summed E-state index contributed by atoms with van der Waals surface area (Å²) in [6.45, 7) is 5.22. The molecule has 0 bridgehead atoms. The van der Waals surface area contributed by atoms with Crippen molar-refractivity contribution in [3.63, 3.8) is 0 Å². The first kappa shape index (κ1) is 40.3.